The van der Waals surface area contributed by atoms with Crippen molar-refractivity contribution in [2.24, 2.45) is 0 Å². The second-order valence-corrected chi connectivity index (χ2v) is 4.04. The van der Waals surface area contributed by atoms with Crippen LogP contribution in [0, 0.1) is 5.82 Å². The minimum atomic E-state index is -0.458. The molecule has 1 aromatic carbocycles. The van der Waals surface area contributed by atoms with E-state index in [1.807, 2.05) is 0 Å². The third-order valence-electron chi connectivity index (χ3n) is 2.26. The van der Waals surface area contributed by atoms with Gasteiger partial charge in [-0.2, -0.15) is 0 Å². The van der Waals surface area contributed by atoms with Crippen molar-refractivity contribution in [2.75, 3.05) is 26.8 Å². The highest BCUT2D eigenvalue weighted by Crippen LogP contribution is 2.18. The van der Waals surface area contributed by atoms with Gasteiger partial charge in [-0.3, -0.25) is 4.79 Å². The minimum absolute atomic E-state index is 0.0878. The molecule has 0 unspecified atom stereocenters. The van der Waals surface area contributed by atoms with Crippen LogP contribution in [-0.4, -0.2) is 32.7 Å². The maximum atomic E-state index is 13.1. The molecule has 0 atom stereocenters. The van der Waals surface area contributed by atoms with E-state index in [-0.39, 0.29) is 17.5 Å². The summed E-state index contributed by atoms with van der Waals surface area (Å²) < 4.78 is 17.9. The lowest BCUT2D eigenvalue weighted by Crippen LogP contribution is -2.35. The summed E-state index contributed by atoms with van der Waals surface area (Å²) in [6, 6.07) is 4.58. The molecule has 1 amide bonds. The quantitative estimate of drug-likeness (QED) is 0.738. The van der Waals surface area contributed by atoms with Gasteiger partial charge in [-0.25, -0.2) is 4.39 Å². The standard InChI is InChI=1S/C12H16ClFN2O2/c1-18-6-5-16-11(17)8-15-7-9-3-2-4-10(14)12(9)13/h2-4,15H,5-8H2,1H3,(H,16,17). The van der Waals surface area contributed by atoms with E-state index in [2.05, 4.69) is 10.6 Å². The van der Waals surface area contributed by atoms with Crippen molar-refractivity contribution in [1.29, 1.82) is 0 Å². The molecular formula is C12H16ClFN2O2. The molecule has 1 rings (SSSR count). The number of rotatable bonds is 7. The first-order chi connectivity index (χ1) is 8.65. The number of carbonyl (C=O) groups is 1. The number of amides is 1. The number of benzene rings is 1. The Hall–Kier alpha value is -1.17. The van der Waals surface area contributed by atoms with Gasteiger partial charge in [0.15, 0.2) is 0 Å². The predicted octanol–water partition coefficient (Wildman–Crippen LogP) is 1.33. The Bertz CT molecular complexity index is 402. The molecule has 18 heavy (non-hydrogen) atoms. The van der Waals surface area contributed by atoms with E-state index in [9.17, 15) is 9.18 Å². The molecule has 0 aliphatic rings. The average molecular weight is 275 g/mol. The van der Waals surface area contributed by atoms with Crippen molar-refractivity contribution in [3.8, 4) is 0 Å². The van der Waals surface area contributed by atoms with E-state index in [1.165, 1.54) is 6.07 Å². The Kier molecular flexibility index (Phi) is 6.64. The zero-order valence-electron chi connectivity index (χ0n) is 10.1. The van der Waals surface area contributed by atoms with Crippen LogP contribution >= 0.6 is 11.6 Å². The predicted molar refractivity (Wildman–Crippen MR) is 68.0 cm³/mol. The molecule has 0 heterocycles. The van der Waals surface area contributed by atoms with Gasteiger partial charge in [-0.1, -0.05) is 23.7 Å². The first-order valence-corrected chi connectivity index (χ1v) is 5.92. The smallest absolute Gasteiger partial charge is 0.234 e. The number of ether oxygens (including phenoxy) is 1. The van der Waals surface area contributed by atoms with Gasteiger partial charge in [0, 0.05) is 20.2 Å². The summed E-state index contributed by atoms with van der Waals surface area (Å²) in [5.41, 5.74) is 0.626. The third-order valence-corrected chi connectivity index (χ3v) is 2.68. The Labute approximate surface area is 110 Å². The van der Waals surface area contributed by atoms with E-state index in [1.54, 1.807) is 19.2 Å². The highest BCUT2D eigenvalue weighted by Gasteiger charge is 2.06. The molecule has 0 spiro atoms. The molecule has 0 radical (unpaired) electrons. The molecule has 0 saturated heterocycles. The second-order valence-electron chi connectivity index (χ2n) is 3.66. The van der Waals surface area contributed by atoms with Crippen molar-refractivity contribution < 1.29 is 13.9 Å². The molecular weight excluding hydrogens is 259 g/mol. The summed E-state index contributed by atoms with van der Waals surface area (Å²) in [6.07, 6.45) is 0. The van der Waals surface area contributed by atoms with Gasteiger partial charge in [-0.05, 0) is 11.6 Å². The topological polar surface area (TPSA) is 50.4 Å². The summed E-state index contributed by atoms with van der Waals surface area (Å²) in [4.78, 5) is 11.3. The summed E-state index contributed by atoms with van der Waals surface area (Å²) in [5.74, 6) is -0.597. The van der Waals surface area contributed by atoms with Crippen molar-refractivity contribution in [1.82, 2.24) is 10.6 Å². The molecule has 6 heteroatoms. The largest absolute Gasteiger partial charge is 0.383 e. The molecule has 0 aliphatic heterocycles. The highest BCUT2D eigenvalue weighted by molar-refractivity contribution is 6.31. The van der Waals surface area contributed by atoms with Gasteiger partial charge in [0.2, 0.25) is 5.91 Å². The monoisotopic (exact) mass is 274 g/mol. The van der Waals surface area contributed by atoms with Crippen LogP contribution in [0.15, 0.2) is 18.2 Å². The number of hydrogen-bond donors (Lipinski definition) is 2. The molecule has 0 fully saturated rings. The van der Waals surface area contributed by atoms with Crippen molar-refractivity contribution in [3.05, 3.63) is 34.6 Å². The zero-order chi connectivity index (χ0) is 13.4. The van der Waals surface area contributed by atoms with Crippen LogP contribution < -0.4 is 10.6 Å². The SMILES string of the molecule is COCCNC(=O)CNCc1cccc(F)c1Cl. The maximum Gasteiger partial charge on any atom is 0.234 e. The number of carbonyl (C=O) groups excluding carboxylic acids is 1. The van der Waals surface area contributed by atoms with E-state index >= 15 is 0 Å². The third kappa shape index (κ3) is 5.00. The normalized spacial score (nSPS) is 10.4. The molecule has 100 valence electrons. The van der Waals surface area contributed by atoms with Crippen LogP contribution in [0.2, 0.25) is 5.02 Å². The molecule has 2 N–H and O–H groups in total. The Morgan fingerprint density at radius 1 is 1.50 bits per heavy atom. The molecule has 0 aliphatic carbocycles. The van der Waals surface area contributed by atoms with Gasteiger partial charge in [0.05, 0.1) is 18.2 Å². The number of halogens is 2. The molecule has 0 saturated carbocycles. The summed E-state index contributed by atoms with van der Waals surface area (Å²) in [6.45, 7) is 1.43. The summed E-state index contributed by atoms with van der Waals surface area (Å²) in [5, 5.41) is 5.64. The fourth-order valence-corrected chi connectivity index (χ4v) is 1.54. The minimum Gasteiger partial charge on any atom is -0.383 e. The maximum absolute atomic E-state index is 13.1. The van der Waals surface area contributed by atoms with Gasteiger partial charge >= 0.3 is 0 Å². The number of nitrogens with one attached hydrogen (secondary N) is 2. The number of hydrogen-bond acceptors (Lipinski definition) is 3. The van der Waals surface area contributed by atoms with E-state index < -0.39 is 5.82 Å². The van der Waals surface area contributed by atoms with E-state index in [0.29, 0.717) is 25.3 Å². The lowest BCUT2D eigenvalue weighted by atomic mass is 10.2. The van der Waals surface area contributed by atoms with E-state index in [0.717, 1.165) is 0 Å². The molecule has 0 bridgehead atoms. The molecule has 1 aromatic rings. The van der Waals surface area contributed by atoms with Crippen LogP contribution in [0.3, 0.4) is 0 Å². The van der Waals surface area contributed by atoms with Gasteiger partial charge < -0.3 is 15.4 Å². The fraction of sp³-hybridized carbons (Fsp3) is 0.417. The second kappa shape index (κ2) is 8.02. The lowest BCUT2D eigenvalue weighted by Gasteiger charge is -2.08. The Morgan fingerprint density at radius 2 is 2.28 bits per heavy atom. The highest BCUT2D eigenvalue weighted by atomic mass is 35.5. The zero-order valence-corrected chi connectivity index (χ0v) is 10.9. The van der Waals surface area contributed by atoms with Crippen LogP contribution in [0.25, 0.3) is 0 Å². The Morgan fingerprint density at radius 3 is 3.00 bits per heavy atom. The lowest BCUT2D eigenvalue weighted by molar-refractivity contribution is -0.120. The van der Waals surface area contributed by atoms with Crippen LogP contribution in [0.1, 0.15) is 5.56 Å². The summed E-state index contributed by atoms with van der Waals surface area (Å²) in [7, 11) is 1.57. The first kappa shape index (κ1) is 14.9. The summed E-state index contributed by atoms with van der Waals surface area (Å²) >= 11 is 5.78. The van der Waals surface area contributed by atoms with Crippen LogP contribution in [0.5, 0.6) is 0 Å². The van der Waals surface area contributed by atoms with Gasteiger partial charge in [0.1, 0.15) is 5.82 Å². The Balaban J connectivity index is 2.29. The fourth-order valence-electron chi connectivity index (χ4n) is 1.35. The average Bonchev–Trinajstić information content (AvgIpc) is 2.35. The van der Waals surface area contributed by atoms with Crippen molar-refractivity contribution in [3.63, 3.8) is 0 Å². The molecule has 4 nitrogen and oxygen atoms in total. The number of methoxy groups -OCH3 is 1. The van der Waals surface area contributed by atoms with E-state index in [4.69, 9.17) is 16.3 Å². The van der Waals surface area contributed by atoms with Gasteiger partial charge in [0.25, 0.3) is 0 Å². The molecule has 0 aromatic heterocycles. The first-order valence-electron chi connectivity index (χ1n) is 5.54. The van der Waals surface area contributed by atoms with Crippen molar-refractivity contribution >= 4 is 17.5 Å². The van der Waals surface area contributed by atoms with Crippen LogP contribution in [0.4, 0.5) is 4.39 Å². The van der Waals surface area contributed by atoms with Gasteiger partial charge in [-0.15, -0.1) is 0 Å². The van der Waals surface area contributed by atoms with Crippen LogP contribution in [-0.2, 0) is 16.1 Å². The van der Waals surface area contributed by atoms with Crippen molar-refractivity contribution in [2.45, 2.75) is 6.54 Å².